The van der Waals surface area contributed by atoms with E-state index in [0.717, 1.165) is 31.1 Å². The lowest BCUT2D eigenvalue weighted by Crippen LogP contribution is -2.40. The molecule has 1 aliphatic carbocycles. The minimum Gasteiger partial charge on any atom is -0.493 e. The molecule has 1 unspecified atom stereocenters. The van der Waals surface area contributed by atoms with Gasteiger partial charge in [-0.1, -0.05) is 51.8 Å². The molecule has 2 aliphatic heterocycles. The number of methoxy groups -OCH3 is 2. The number of ether oxygens (including phenoxy) is 2. The van der Waals surface area contributed by atoms with E-state index in [1.54, 1.807) is 14.2 Å². The van der Waals surface area contributed by atoms with Gasteiger partial charge in [0.05, 0.1) is 20.3 Å². The Labute approximate surface area is 243 Å². The van der Waals surface area contributed by atoms with Crippen LogP contribution in [0.1, 0.15) is 94.4 Å². The Kier molecular flexibility index (Phi) is 11.4. The number of likely N-dealkylation sites (tertiary alicyclic amines) is 1. The van der Waals surface area contributed by atoms with Gasteiger partial charge >= 0.3 is 0 Å². The highest BCUT2D eigenvalue weighted by atomic mass is 16.5. The number of nitrogens with one attached hydrogen (secondary N) is 2. The first kappa shape index (κ1) is 30.0. The van der Waals surface area contributed by atoms with Gasteiger partial charge in [-0.25, -0.2) is 0 Å². The largest absolute Gasteiger partial charge is 0.493 e. The van der Waals surface area contributed by atoms with Crippen LogP contribution in [0.2, 0.25) is 0 Å². The van der Waals surface area contributed by atoms with Crippen molar-refractivity contribution in [3.63, 3.8) is 0 Å². The number of nitrogens with zero attached hydrogens (tertiary/aromatic N) is 1. The molecular weight excluding hydrogens is 494 g/mol. The third-order valence-corrected chi connectivity index (χ3v) is 8.53. The van der Waals surface area contributed by atoms with Crippen LogP contribution < -0.4 is 20.1 Å². The summed E-state index contributed by atoms with van der Waals surface area (Å²) in [5.74, 6) is 2.32. The van der Waals surface area contributed by atoms with E-state index < -0.39 is 0 Å². The van der Waals surface area contributed by atoms with Gasteiger partial charge in [-0.3, -0.25) is 4.90 Å². The molecule has 5 nitrogen and oxygen atoms in total. The molecule has 40 heavy (non-hydrogen) atoms. The first-order valence-corrected chi connectivity index (χ1v) is 15.6. The zero-order chi connectivity index (χ0) is 28.3. The second-order valence-corrected chi connectivity index (χ2v) is 11.2. The fourth-order valence-electron chi connectivity index (χ4n) is 5.97. The number of dihydropyridines is 1. The van der Waals surface area contributed by atoms with Crippen molar-refractivity contribution in [3.05, 3.63) is 77.0 Å². The number of rotatable bonds is 11. The van der Waals surface area contributed by atoms with Crippen molar-refractivity contribution >= 4 is 5.69 Å². The van der Waals surface area contributed by atoms with E-state index in [-0.39, 0.29) is 6.04 Å². The molecule has 0 radical (unpaired) electrons. The van der Waals surface area contributed by atoms with Crippen LogP contribution in [0.4, 0.5) is 5.69 Å². The van der Waals surface area contributed by atoms with Gasteiger partial charge in [-0.05, 0) is 97.7 Å². The van der Waals surface area contributed by atoms with Crippen molar-refractivity contribution in [3.8, 4) is 11.5 Å². The van der Waals surface area contributed by atoms with Gasteiger partial charge in [0.1, 0.15) is 0 Å². The van der Waals surface area contributed by atoms with Crippen molar-refractivity contribution in [2.24, 2.45) is 0 Å². The van der Waals surface area contributed by atoms with Crippen LogP contribution in [0.3, 0.4) is 0 Å². The third-order valence-electron chi connectivity index (χ3n) is 8.53. The molecule has 2 N–H and O–H groups in total. The molecule has 2 aromatic carbocycles. The average molecular weight is 546 g/mol. The summed E-state index contributed by atoms with van der Waals surface area (Å²) in [6.07, 6.45) is 16.5. The van der Waals surface area contributed by atoms with Crippen molar-refractivity contribution in [1.82, 2.24) is 10.2 Å². The van der Waals surface area contributed by atoms with E-state index in [2.05, 4.69) is 77.2 Å². The Hall–Kier alpha value is -2.92. The van der Waals surface area contributed by atoms with Crippen LogP contribution in [-0.4, -0.2) is 44.8 Å². The Balaban J connectivity index is 0.00000181. The second-order valence-electron chi connectivity index (χ2n) is 11.2. The summed E-state index contributed by atoms with van der Waals surface area (Å²) in [4.78, 5) is 2.60. The molecule has 2 heterocycles. The molecule has 0 bridgehead atoms. The van der Waals surface area contributed by atoms with Gasteiger partial charge in [-0.15, -0.1) is 0 Å². The first-order chi connectivity index (χ1) is 19.7. The topological polar surface area (TPSA) is 45.8 Å². The fraction of sp³-hybridized carbons (Fsp3) is 0.543. The summed E-state index contributed by atoms with van der Waals surface area (Å²) in [7, 11) is 3.49. The fourth-order valence-corrected chi connectivity index (χ4v) is 5.97. The van der Waals surface area contributed by atoms with Crippen LogP contribution in [0.15, 0.2) is 60.3 Å². The monoisotopic (exact) mass is 545 g/mol. The molecule has 1 saturated heterocycles. The summed E-state index contributed by atoms with van der Waals surface area (Å²) >= 11 is 0. The van der Waals surface area contributed by atoms with E-state index in [1.807, 2.05) is 13.8 Å². The zero-order valence-corrected chi connectivity index (χ0v) is 25.5. The van der Waals surface area contributed by atoms with Crippen molar-refractivity contribution in [2.75, 3.05) is 39.2 Å². The van der Waals surface area contributed by atoms with E-state index in [4.69, 9.17) is 9.47 Å². The van der Waals surface area contributed by atoms with E-state index in [1.165, 1.54) is 79.3 Å². The van der Waals surface area contributed by atoms with E-state index in [9.17, 15) is 0 Å². The molecule has 1 atom stereocenters. The summed E-state index contributed by atoms with van der Waals surface area (Å²) in [6.45, 7) is 9.49. The average Bonchev–Trinajstić information content (AvgIpc) is 2.97. The normalized spacial score (nSPS) is 19.5. The molecule has 0 spiro atoms. The predicted octanol–water partition coefficient (Wildman–Crippen LogP) is 8.00. The summed E-state index contributed by atoms with van der Waals surface area (Å²) in [6, 6.07) is 14.3. The minimum atomic E-state index is 0.146. The van der Waals surface area contributed by atoms with E-state index >= 15 is 0 Å². The molecule has 1 saturated carbocycles. The standard InChI is InChI=1S/C33H45N3O2.C2H6/c1-4-5-7-24-10-12-28(13-11-24)35-29-15-18-36(19-16-29)23-25-14-17-34-31(20-25)27-21-30(26-8-6-9-26)33(38-3)32(22-27)37-2;1-2/h10-14,17,20-22,26,29,31,34-35H,4-9,15-16,18-19,23H2,1-3H3;1-2H3. The number of anilines is 1. The number of hydrogen-bond acceptors (Lipinski definition) is 5. The lowest BCUT2D eigenvalue weighted by molar-refractivity contribution is 0.236. The predicted molar refractivity (Wildman–Crippen MR) is 169 cm³/mol. The van der Waals surface area contributed by atoms with Crippen LogP contribution >= 0.6 is 0 Å². The molecule has 3 aliphatic rings. The number of aryl methyl sites for hydroxylation is 1. The van der Waals surface area contributed by atoms with Crippen LogP contribution in [-0.2, 0) is 6.42 Å². The molecule has 0 aromatic heterocycles. The van der Waals surface area contributed by atoms with Crippen LogP contribution in [0.25, 0.3) is 0 Å². The zero-order valence-electron chi connectivity index (χ0n) is 25.5. The summed E-state index contributed by atoms with van der Waals surface area (Å²) in [5.41, 5.74) is 6.62. The highest BCUT2D eigenvalue weighted by Gasteiger charge is 2.27. The number of unbranched alkanes of at least 4 members (excludes halogenated alkanes) is 1. The third kappa shape index (κ3) is 7.63. The van der Waals surface area contributed by atoms with Gasteiger partial charge in [0.15, 0.2) is 11.5 Å². The molecule has 0 amide bonds. The Bertz CT molecular complexity index is 1110. The molecule has 2 fully saturated rings. The SMILES string of the molecule is CC.CCCCc1ccc(NC2CCN(CC3=CC(c4cc(OC)c(OC)c(C5CCC5)c4)NC=C3)CC2)cc1. The maximum Gasteiger partial charge on any atom is 0.164 e. The Morgan fingerprint density at radius 1 is 0.975 bits per heavy atom. The molecule has 5 heteroatoms. The Morgan fingerprint density at radius 2 is 1.73 bits per heavy atom. The van der Waals surface area contributed by atoms with Crippen LogP contribution in [0, 0.1) is 0 Å². The number of hydrogen-bond donors (Lipinski definition) is 2. The summed E-state index contributed by atoms with van der Waals surface area (Å²) < 4.78 is 11.5. The number of benzene rings is 2. The number of piperidine rings is 1. The van der Waals surface area contributed by atoms with Gasteiger partial charge in [0, 0.05) is 36.9 Å². The second kappa shape index (κ2) is 15.2. The minimum absolute atomic E-state index is 0.146. The van der Waals surface area contributed by atoms with Gasteiger partial charge in [0.25, 0.3) is 0 Å². The van der Waals surface area contributed by atoms with E-state index in [0.29, 0.717) is 12.0 Å². The first-order valence-electron chi connectivity index (χ1n) is 15.6. The maximum atomic E-state index is 5.77. The summed E-state index contributed by atoms with van der Waals surface area (Å²) in [5, 5.41) is 7.33. The molecule has 218 valence electrons. The van der Waals surface area contributed by atoms with Gasteiger partial charge < -0.3 is 20.1 Å². The lowest BCUT2D eigenvalue weighted by atomic mass is 9.78. The van der Waals surface area contributed by atoms with Crippen molar-refractivity contribution in [2.45, 2.75) is 90.1 Å². The van der Waals surface area contributed by atoms with Gasteiger partial charge in [-0.2, -0.15) is 0 Å². The van der Waals surface area contributed by atoms with Crippen LogP contribution in [0.5, 0.6) is 11.5 Å². The highest BCUT2D eigenvalue weighted by molar-refractivity contribution is 5.53. The van der Waals surface area contributed by atoms with Crippen molar-refractivity contribution in [1.29, 1.82) is 0 Å². The lowest BCUT2D eigenvalue weighted by Gasteiger charge is -2.34. The quantitative estimate of drug-likeness (QED) is 0.300. The highest BCUT2D eigenvalue weighted by Crippen LogP contribution is 2.46. The van der Waals surface area contributed by atoms with Gasteiger partial charge in [0.2, 0.25) is 0 Å². The molecule has 5 rings (SSSR count). The Morgan fingerprint density at radius 3 is 2.35 bits per heavy atom. The molecule has 2 aromatic rings. The molecular formula is C35H51N3O2. The smallest absolute Gasteiger partial charge is 0.164 e. The maximum absolute atomic E-state index is 5.77. The van der Waals surface area contributed by atoms with Crippen molar-refractivity contribution < 1.29 is 9.47 Å².